The Morgan fingerprint density at radius 3 is 2.63 bits per heavy atom. The lowest BCUT2D eigenvalue weighted by Gasteiger charge is -2.20. The zero-order valence-corrected chi connectivity index (χ0v) is 16.2. The van der Waals surface area contributed by atoms with Crippen LogP contribution in [-0.4, -0.2) is 56.2 Å². The van der Waals surface area contributed by atoms with E-state index in [1.165, 1.54) is 0 Å². The summed E-state index contributed by atoms with van der Waals surface area (Å²) < 4.78 is 10.7. The van der Waals surface area contributed by atoms with E-state index in [-0.39, 0.29) is 5.91 Å². The average Bonchev–Trinajstić information content (AvgIpc) is 2.93. The fourth-order valence-corrected chi connectivity index (χ4v) is 3.41. The van der Waals surface area contributed by atoms with Gasteiger partial charge in [0.15, 0.2) is 11.5 Å². The van der Waals surface area contributed by atoms with Crippen LogP contribution in [0, 0.1) is 0 Å². The van der Waals surface area contributed by atoms with Gasteiger partial charge in [-0.15, -0.1) is 4.98 Å². The van der Waals surface area contributed by atoms with Gasteiger partial charge in [0.05, 0.1) is 32.7 Å². The maximum atomic E-state index is 12.2. The highest BCUT2D eigenvalue weighted by Gasteiger charge is 2.24. The van der Waals surface area contributed by atoms with Gasteiger partial charge < -0.3 is 20.1 Å². The van der Waals surface area contributed by atoms with Gasteiger partial charge in [0.25, 0.3) is 0 Å². The van der Waals surface area contributed by atoms with Crippen molar-refractivity contribution in [3.05, 3.63) is 12.1 Å². The third-order valence-corrected chi connectivity index (χ3v) is 4.88. The molecule has 1 aliphatic heterocycles. The van der Waals surface area contributed by atoms with E-state index in [0.29, 0.717) is 36.2 Å². The Morgan fingerprint density at radius 2 is 1.93 bits per heavy atom. The number of carbonyl (C=O) groups excluding carboxylic acids is 1. The Kier molecular flexibility index (Phi) is 5.83. The number of fused-ring (bicyclic) bond motifs is 1. The molecule has 1 amide bonds. The van der Waals surface area contributed by atoms with Crippen LogP contribution >= 0.6 is 0 Å². The van der Waals surface area contributed by atoms with Crippen molar-refractivity contribution in [2.24, 2.45) is 0 Å². The lowest BCUT2D eigenvalue weighted by atomic mass is 10.2. The molecule has 0 unspecified atom stereocenters. The summed E-state index contributed by atoms with van der Waals surface area (Å²) in [5.74, 6) is 2.68. The fourth-order valence-electron chi connectivity index (χ4n) is 3.41. The molecule has 8 nitrogen and oxygen atoms in total. The molecule has 3 rings (SSSR count). The quantitative estimate of drug-likeness (QED) is 0.852. The Bertz CT molecular complexity index is 827. The highest BCUT2D eigenvalue weighted by atomic mass is 16.5. The Morgan fingerprint density at radius 1 is 1.19 bits per heavy atom. The molecule has 1 aliphatic rings. The van der Waals surface area contributed by atoms with Gasteiger partial charge in [-0.1, -0.05) is 6.92 Å². The van der Waals surface area contributed by atoms with Gasteiger partial charge in [-0.2, -0.15) is 0 Å². The van der Waals surface area contributed by atoms with E-state index in [4.69, 9.17) is 20.2 Å². The number of anilines is 2. The first-order chi connectivity index (χ1) is 13.1. The summed E-state index contributed by atoms with van der Waals surface area (Å²) in [5.41, 5.74) is 6.99. The summed E-state index contributed by atoms with van der Waals surface area (Å²) in [6.45, 7) is 5.04. The molecule has 1 saturated heterocycles. The minimum Gasteiger partial charge on any atom is -0.493 e. The number of nitrogens with zero attached hydrogens (tertiary/aromatic N) is 3. The Labute approximate surface area is 159 Å². The van der Waals surface area contributed by atoms with E-state index in [2.05, 4.69) is 9.88 Å². The van der Waals surface area contributed by atoms with Gasteiger partial charge in [-0.25, -0.2) is 4.98 Å². The van der Waals surface area contributed by atoms with Crippen molar-refractivity contribution < 1.29 is 19.3 Å². The van der Waals surface area contributed by atoms with Crippen molar-refractivity contribution in [3.8, 4) is 11.5 Å². The van der Waals surface area contributed by atoms with Crippen molar-refractivity contribution in [2.75, 3.05) is 51.0 Å². The van der Waals surface area contributed by atoms with Crippen molar-refractivity contribution in [1.29, 1.82) is 0 Å². The topological polar surface area (TPSA) is 95.1 Å². The lowest BCUT2D eigenvalue weighted by Crippen LogP contribution is -2.37. The summed E-state index contributed by atoms with van der Waals surface area (Å²) in [4.78, 5) is 24.2. The molecule has 27 heavy (non-hydrogen) atoms. The van der Waals surface area contributed by atoms with Crippen LogP contribution in [0.15, 0.2) is 12.1 Å². The summed E-state index contributed by atoms with van der Waals surface area (Å²) in [7, 11) is 3.19. The van der Waals surface area contributed by atoms with Gasteiger partial charge in [-0.05, 0) is 12.8 Å². The second kappa shape index (κ2) is 8.28. The highest BCUT2D eigenvalue weighted by molar-refractivity contribution is 5.90. The molecule has 3 N–H and O–H groups in total. The van der Waals surface area contributed by atoms with Crippen LogP contribution in [-0.2, 0) is 4.79 Å². The van der Waals surface area contributed by atoms with Gasteiger partial charge >= 0.3 is 5.95 Å². The molecule has 1 fully saturated rings. The lowest BCUT2D eigenvalue weighted by molar-refractivity contribution is -0.348. The van der Waals surface area contributed by atoms with E-state index in [0.717, 1.165) is 43.4 Å². The monoisotopic (exact) mass is 374 g/mol. The molecule has 1 aromatic heterocycles. The summed E-state index contributed by atoms with van der Waals surface area (Å²) in [6, 6.07) is 3.65. The number of nitrogen functional groups attached to an aromatic ring is 1. The average molecular weight is 374 g/mol. The Hall–Kier alpha value is -2.77. The van der Waals surface area contributed by atoms with Crippen molar-refractivity contribution in [3.63, 3.8) is 0 Å². The van der Waals surface area contributed by atoms with Crippen LogP contribution in [0.5, 0.6) is 11.5 Å². The molecule has 2 aromatic rings. The van der Waals surface area contributed by atoms with Gasteiger partial charge in [-0.3, -0.25) is 9.69 Å². The zero-order chi connectivity index (χ0) is 19.4. The number of aromatic amines is 1. The highest BCUT2D eigenvalue weighted by Crippen LogP contribution is 2.33. The molecule has 146 valence electrons. The van der Waals surface area contributed by atoms with Gasteiger partial charge in [0, 0.05) is 31.6 Å². The molecule has 0 radical (unpaired) electrons. The van der Waals surface area contributed by atoms with Crippen LogP contribution < -0.4 is 25.1 Å². The molecule has 0 atom stereocenters. The summed E-state index contributed by atoms with van der Waals surface area (Å²) in [5, 5.41) is 0.783. The van der Waals surface area contributed by atoms with Crippen LogP contribution in [0.4, 0.5) is 11.8 Å². The molecule has 2 heterocycles. The smallest absolute Gasteiger partial charge is 0.347 e. The standard InChI is InChI=1S/C19H27N5O3/c1-4-6-17(25)23-7-5-8-24(10-9-23)19-21-14-12-16(27-3)15(26-2)11-13(14)18(20)22-19/h11-12H,4-10H2,1-3H3,(H2,20,21,22)/p+1. The van der Waals surface area contributed by atoms with Crippen LogP contribution in [0.1, 0.15) is 26.2 Å². The second-order valence-electron chi connectivity index (χ2n) is 6.67. The number of carbonyl (C=O) groups is 1. The fraction of sp³-hybridized carbons (Fsp3) is 0.526. The molecule has 0 aliphatic carbocycles. The third kappa shape index (κ3) is 3.99. The zero-order valence-electron chi connectivity index (χ0n) is 16.2. The maximum absolute atomic E-state index is 12.2. The number of H-pyrrole nitrogens is 1. The third-order valence-electron chi connectivity index (χ3n) is 4.88. The summed E-state index contributed by atoms with van der Waals surface area (Å²) >= 11 is 0. The molecular weight excluding hydrogens is 346 g/mol. The summed E-state index contributed by atoms with van der Waals surface area (Å²) in [6.07, 6.45) is 2.38. The first-order valence-electron chi connectivity index (χ1n) is 9.34. The van der Waals surface area contributed by atoms with Crippen LogP contribution in [0.25, 0.3) is 10.9 Å². The number of nitrogens with two attached hydrogens (primary N) is 1. The minimum atomic E-state index is 0.228. The predicted octanol–water partition coefficient (Wildman–Crippen LogP) is 1.49. The van der Waals surface area contributed by atoms with Crippen LogP contribution in [0.3, 0.4) is 0 Å². The number of benzene rings is 1. The number of hydrogen-bond donors (Lipinski definition) is 1. The van der Waals surface area contributed by atoms with Crippen molar-refractivity contribution in [1.82, 2.24) is 9.88 Å². The molecule has 0 bridgehead atoms. The number of nitrogens with one attached hydrogen (secondary N) is 1. The number of ether oxygens (including phenoxy) is 2. The van der Waals surface area contributed by atoms with Crippen LogP contribution in [0.2, 0.25) is 0 Å². The minimum absolute atomic E-state index is 0.228. The normalized spacial score (nSPS) is 14.9. The molecule has 8 heteroatoms. The number of rotatable bonds is 5. The Balaban J connectivity index is 1.87. The van der Waals surface area contributed by atoms with E-state index < -0.39 is 0 Å². The number of amides is 1. The number of hydrogen-bond acceptors (Lipinski definition) is 6. The van der Waals surface area contributed by atoms with Gasteiger partial charge in [0.2, 0.25) is 11.7 Å². The predicted molar refractivity (Wildman–Crippen MR) is 104 cm³/mol. The first kappa shape index (κ1) is 19.0. The maximum Gasteiger partial charge on any atom is 0.347 e. The van der Waals surface area contributed by atoms with Crippen molar-refractivity contribution in [2.45, 2.75) is 26.2 Å². The van der Waals surface area contributed by atoms with E-state index in [1.54, 1.807) is 14.2 Å². The SMILES string of the molecule is CCCC(=O)N1CCCN(c2nc3cc(OC)c(OC)cc3c(N)[nH+]2)CC1. The number of methoxy groups -OCH3 is 2. The molecule has 0 saturated carbocycles. The van der Waals surface area contributed by atoms with E-state index >= 15 is 0 Å². The molecule has 0 spiro atoms. The number of aromatic nitrogens is 2. The molecular formula is C19H28N5O3+. The van der Waals surface area contributed by atoms with Crippen molar-refractivity contribution >= 4 is 28.6 Å². The second-order valence-corrected chi connectivity index (χ2v) is 6.67. The van der Waals surface area contributed by atoms with Gasteiger partial charge in [0.1, 0.15) is 5.52 Å². The largest absolute Gasteiger partial charge is 0.493 e. The molecule has 1 aromatic carbocycles. The first-order valence-corrected chi connectivity index (χ1v) is 9.34. The van der Waals surface area contributed by atoms with E-state index in [1.807, 2.05) is 24.0 Å². The van der Waals surface area contributed by atoms with E-state index in [9.17, 15) is 4.79 Å².